The molecule has 90 valence electrons. The number of hydrogen-bond acceptors (Lipinski definition) is 4. The van der Waals surface area contributed by atoms with Crippen LogP contribution in [0.25, 0.3) is 0 Å². The summed E-state index contributed by atoms with van der Waals surface area (Å²) in [5.41, 5.74) is 5.92. The summed E-state index contributed by atoms with van der Waals surface area (Å²) in [6, 6.07) is 3.44. The first-order valence-corrected chi connectivity index (χ1v) is 6.42. The van der Waals surface area contributed by atoms with Crippen molar-refractivity contribution in [1.29, 1.82) is 0 Å². The zero-order valence-corrected chi connectivity index (χ0v) is 10.7. The summed E-state index contributed by atoms with van der Waals surface area (Å²) in [5.74, 6) is 0.502. The Morgan fingerprint density at radius 3 is 2.81 bits per heavy atom. The van der Waals surface area contributed by atoms with Crippen LogP contribution in [0.15, 0.2) is 23.4 Å². The highest BCUT2D eigenvalue weighted by molar-refractivity contribution is 7.85. The third-order valence-electron chi connectivity index (χ3n) is 2.46. The maximum atomic E-state index is 11.9. The van der Waals surface area contributed by atoms with Crippen molar-refractivity contribution >= 4 is 16.5 Å². The van der Waals surface area contributed by atoms with Crippen LogP contribution in [0.3, 0.4) is 0 Å². The molecule has 0 fully saturated rings. The summed E-state index contributed by atoms with van der Waals surface area (Å²) in [6.07, 6.45) is 2.30. The van der Waals surface area contributed by atoms with Gasteiger partial charge in [-0.1, -0.05) is 0 Å². The molecule has 1 atom stereocenters. The number of pyridine rings is 1. The second-order valence-corrected chi connectivity index (χ2v) is 5.65. The minimum absolute atomic E-state index is 0.265. The Morgan fingerprint density at radius 2 is 2.25 bits per heavy atom. The van der Waals surface area contributed by atoms with Crippen molar-refractivity contribution in [2.45, 2.75) is 30.9 Å². The first-order chi connectivity index (χ1) is 7.46. The topological polar surface area (TPSA) is 65.2 Å². The van der Waals surface area contributed by atoms with Crippen LogP contribution >= 0.6 is 0 Å². The van der Waals surface area contributed by atoms with Gasteiger partial charge in [-0.15, -0.1) is 0 Å². The molecule has 1 aromatic heterocycles. The number of aromatic nitrogens is 1. The molecular formula is C11H18N2O2S. The molecule has 16 heavy (non-hydrogen) atoms. The fraction of sp³-hybridized carbons (Fsp3) is 0.545. The van der Waals surface area contributed by atoms with Crippen LogP contribution in [-0.4, -0.2) is 27.7 Å². The number of rotatable bonds is 5. The Bertz CT molecular complexity index is 380. The molecule has 0 saturated carbocycles. The van der Waals surface area contributed by atoms with E-state index in [0.717, 1.165) is 0 Å². The molecule has 0 bridgehead atoms. The van der Waals surface area contributed by atoms with Crippen molar-refractivity contribution in [2.24, 2.45) is 0 Å². The van der Waals surface area contributed by atoms with E-state index in [0.29, 0.717) is 22.9 Å². The molecule has 0 spiro atoms. The van der Waals surface area contributed by atoms with Gasteiger partial charge in [0.2, 0.25) is 0 Å². The minimum atomic E-state index is -1.16. The van der Waals surface area contributed by atoms with Crippen molar-refractivity contribution in [3.05, 3.63) is 18.3 Å². The number of nitrogen functional groups attached to an aromatic ring is 1. The van der Waals surface area contributed by atoms with E-state index in [1.54, 1.807) is 25.4 Å². The fourth-order valence-corrected chi connectivity index (χ4v) is 2.51. The normalized spacial score (nSPS) is 13.7. The van der Waals surface area contributed by atoms with Crippen LogP contribution in [0.2, 0.25) is 0 Å². The molecule has 1 aromatic rings. The number of ether oxygens (including phenoxy) is 1. The zero-order valence-electron chi connectivity index (χ0n) is 9.90. The lowest BCUT2D eigenvalue weighted by Crippen LogP contribution is -2.25. The zero-order chi connectivity index (χ0) is 12.2. The summed E-state index contributed by atoms with van der Waals surface area (Å²) in [7, 11) is 0.492. The summed E-state index contributed by atoms with van der Waals surface area (Å²) in [6.45, 7) is 3.93. The van der Waals surface area contributed by atoms with Gasteiger partial charge in [-0.3, -0.25) is 4.21 Å². The molecule has 4 nitrogen and oxygen atoms in total. The van der Waals surface area contributed by atoms with Crippen LogP contribution in [-0.2, 0) is 15.5 Å². The lowest BCUT2D eigenvalue weighted by atomic mass is 10.1. The predicted molar refractivity (Wildman–Crippen MR) is 65.6 cm³/mol. The third-order valence-corrected chi connectivity index (χ3v) is 3.81. The van der Waals surface area contributed by atoms with Gasteiger partial charge in [0.1, 0.15) is 5.03 Å². The standard InChI is InChI=1S/C11H18N2O2S/c1-11(2,15-3)6-8-16(14)10-9(12)5-4-7-13-10/h4-5,7H,6,8,12H2,1-3H3. The fourth-order valence-electron chi connectivity index (χ4n) is 1.13. The maximum Gasteiger partial charge on any atom is 0.150 e. The maximum absolute atomic E-state index is 11.9. The van der Waals surface area contributed by atoms with Crippen molar-refractivity contribution < 1.29 is 8.95 Å². The van der Waals surface area contributed by atoms with E-state index in [-0.39, 0.29) is 5.60 Å². The van der Waals surface area contributed by atoms with E-state index in [9.17, 15) is 4.21 Å². The Kier molecular flexibility index (Phi) is 4.44. The van der Waals surface area contributed by atoms with E-state index in [1.807, 2.05) is 13.8 Å². The van der Waals surface area contributed by atoms with E-state index in [2.05, 4.69) is 4.98 Å². The Hall–Kier alpha value is -0.940. The van der Waals surface area contributed by atoms with Crippen LogP contribution in [0.1, 0.15) is 20.3 Å². The van der Waals surface area contributed by atoms with E-state index >= 15 is 0 Å². The quantitative estimate of drug-likeness (QED) is 0.851. The Balaban J connectivity index is 2.64. The van der Waals surface area contributed by atoms with Crippen molar-refractivity contribution in [3.8, 4) is 0 Å². The largest absolute Gasteiger partial charge is 0.396 e. The van der Waals surface area contributed by atoms with Gasteiger partial charge in [-0.2, -0.15) is 0 Å². The third kappa shape index (κ3) is 3.57. The lowest BCUT2D eigenvalue weighted by molar-refractivity contribution is 0.0205. The molecule has 1 heterocycles. The molecule has 1 unspecified atom stereocenters. The first kappa shape index (κ1) is 13.1. The second kappa shape index (κ2) is 5.41. The average Bonchev–Trinajstić information content (AvgIpc) is 2.27. The van der Waals surface area contributed by atoms with E-state index in [4.69, 9.17) is 10.5 Å². The number of nitrogens with two attached hydrogens (primary N) is 1. The number of methoxy groups -OCH3 is 1. The molecule has 0 aliphatic carbocycles. The van der Waals surface area contributed by atoms with Crippen LogP contribution in [0.4, 0.5) is 5.69 Å². The second-order valence-electron chi connectivity index (χ2n) is 4.16. The molecule has 1 rings (SSSR count). The molecule has 0 aliphatic rings. The minimum Gasteiger partial charge on any atom is -0.396 e. The van der Waals surface area contributed by atoms with Gasteiger partial charge in [-0.25, -0.2) is 4.98 Å². The SMILES string of the molecule is COC(C)(C)CCS(=O)c1ncccc1N. The molecule has 0 saturated heterocycles. The highest BCUT2D eigenvalue weighted by Gasteiger charge is 2.19. The molecule has 5 heteroatoms. The summed E-state index contributed by atoms with van der Waals surface area (Å²) < 4.78 is 17.2. The molecule has 0 radical (unpaired) electrons. The van der Waals surface area contributed by atoms with Crippen LogP contribution in [0, 0.1) is 0 Å². The van der Waals surface area contributed by atoms with E-state index < -0.39 is 10.8 Å². The Morgan fingerprint density at radius 1 is 1.56 bits per heavy atom. The number of anilines is 1. The van der Waals surface area contributed by atoms with Crippen molar-refractivity contribution in [1.82, 2.24) is 4.98 Å². The molecule has 0 amide bonds. The van der Waals surface area contributed by atoms with Crippen molar-refractivity contribution in [2.75, 3.05) is 18.6 Å². The summed E-state index contributed by atoms with van der Waals surface area (Å²) in [5, 5.41) is 0.467. The highest BCUT2D eigenvalue weighted by Crippen LogP contribution is 2.18. The van der Waals surface area contributed by atoms with Gasteiger partial charge in [0.05, 0.1) is 22.1 Å². The van der Waals surface area contributed by atoms with Gasteiger partial charge in [-0.05, 0) is 32.4 Å². The number of nitrogens with zero attached hydrogens (tertiary/aromatic N) is 1. The van der Waals surface area contributed by atoms with Gasteiger partial charge in [0.15, 0.2) is 0 Å². The number of hydrogen-bond donors (Lipinski definition) is 1. The first-order valence-electron chi connectivity index (χ1n) is 5.10. The average molecular weight is 242 g/mol. The van der Waals surface area contributed by atoms with Gasteiger partial charge in [0, 0.05) is 19.1 Å². The summed E-state index contributed by atoms with van der Waals surface area (Å²) >= 11 is 0. The van der Waals surface area contributed by atoms with Crippen LogP contribution < -0.4 is 5.73 Å². The van der Waals surface area contributed by atoms with Crippen LogP contribution in [0.5, 0.6) is 0 Å². The van der Waals surface area contributed by atoms with Gasteiger partial charge in [0.25, 0.3) is 0 Å². The lowest BCUT2D eigenvalue weighted by Gasteiger charge is -2.22. The van der Waals surface area contributed by atoms with Crippen molar-refractivity contribution in [3.63, 3.8) is 0 Å². The van der Waals surface area contributed by atoms with Gasteiger partial charge >= 0.3 is 0 Å². The van der Waals surface area contributed by atoms with Gasteiger partial charge < -0.3 is 10.5 Å². The predicted octanol–water partition coefficient (Wildman–Crippen LogP) is 1.59. The molecular weight excluding hydrogens is 224 g/mol. The van der Waals surface area contributed by atoms with E-state index in [1.165, 1.54) is 0 Å². The summed E-state index contributed by atoms with van der Waals surface area (Å²) in [4.78, 5) is 4.04. The monoisotopic (exact) mass is 242 g/mol. The molecule has 0 aromatic carbocycles. The smallest absolute Gasteiger partial charge is 0.150 e. The highest BCUT2D eigenvalue weighted by atomic mass is 32.2. The molecule has 2 N–H and O–H groups in total. The molecule has 0 aliphatic heterocycles. The Labute approximate surface area is 98.7 Å².